The highest BCUT2D eigenvalue weighted by molar-refractivity contribution is 9.10. The Hall–Kier alpha value is -0.580. The number of halogens is 1. The Morgan fingerprint density at radius 2 is 2.19 bits per heavy atom. The van der Waals surface area contributed by atoms with E-state index < -0.39 is 0 Å². The molecule has 88 valence electrons. The molecule has 1 aliphatic carbocycles. The summed E-state index contributed by atoms with van der Waals surface area (Å²) in [7, 11) is 1.66. The zero-order valence-electron chi connectivity index (χ0n) is 9.28. The molecule has 2 N–H and O–H groups in total. The quantitative estimate of drug-likeness (QED) is 0.924. The Labute approximate surface area is 104 Å². The van der Waals surface area contributed by atoms with E-state index in [0.29, 0.717) is 18.8 Å². The van der Waals surface area contributed by atoms with Crippen molar-refractivity contribution in [1.29, 1.82) is 0 Å². The standard InChI is InChI=1S/C12H16BrNO2/c1-15-12-3-2-8(4-11(12)13)7-16-10-5-9(14)6-10/h2-4,9-10H,5-7,14H2,1H3. The highest BCUT2D eigenvalue weighted by Crippen LogP contribution is 2.27. The topological polar surface area (TPSA) is 44.5 Å². The Bertz CT molecular complexity index is 364. The molecule has 0 atom stereocenters. The van der Waals surface area contributed by atoms with Crippen molar-refractivity contribution >= 4 is 15.9 Å². The van der Waals surface area contributed by atoms with E-state index in [9.17, 15) is 0 Å². The maximum Gasteiger partial charge on any atom is 0.133 e. The average Bonchev–Trinajstić information content (AvgIpc) is 2.23. The first-order valence-corrected chi connectivity index (χ1v) is 6.18. The average molecular weight is 286 g/mol. The van der Waals surface area contributed by atoms with Gasteiger partial charge in [0.05, 0.1) is 24.3 Å². The maximum absolute atomic E-state index is 5.72. The van der Waals surface area contributed by atoms with E-state index in [-0.39, 0.29) is 0 Å². The van der Waals surface area contributed by atoms with Crippen LogP contribution in [-0.2, 0) is 11.3 Å². The van der Waals surface area contributed by atoms with Crippen LogP contribution in [0.15, 0.2) is 22.7 Å². The minimum Gasteiger partial charge on any atom is -0.496 e. The van der Waals surface area contributed by atoms with Crippen molar-refractivity contribution in [2.75, 3.05) is 7.11 Å². The molecule has 0 unspecified atom stereocenters. The smallest absolute Gasteiger partial charge is 0.133 e. The van der Waals surface area contributed by atoms with Crippen LogP contribution in [0.25, 0.3) is 0 Å². The molecular formula is C12H16BrNO2. The summed E-state index contributed by atoms with van der Waals surface area (Å²) in [5.41, 5.74) is 6.84. The summed E-state index contributed by atoms with van der Waals surface area (Å²) in [5.74, 6) is 0.842. The molecule has 0 aromatic heterocycles. The van der Waals surface area contributed by atoms with Crippen molar-refractivity contribution in [2.24, 2.45) is 5.73 Å². The summed E-state index contributed by atoms with van der Waals surface area (Å²) in [6.07, 6.45) is 2.31. The summed E-state index contributed by atoms with van der Waals surface area (Å²) in [4.78, 5) is 0. The fourth-order valence-corrected chi connectivity index (χ4v) is 2.34. The molecule has 1 saturated carbocycles. The monoisotopic (exact) mass is 285 g/mol. The number of rotatable bonds is 4. The van der Waals surface area contributed by atoms with Crippen molar-refractivity contribution in [3.8, 4) is 5.75 Å². The van der Waals surface area contributed by atoms with E-state index in [0.717, 1.165) is 28.6 Å². The van der Waals surface area contributed by atoms with E-state index in [1.165, 1.54) is 0 Å². The van der Waals surface area contributed by atoms with Gasteiger partial charge in [-0.3, -0.25) is 0 Å². The summed E-state index contributed by atoms with van der Waals surface area (Å²) in [6.45, 7) is 0.639. The predicted molar refractivity (Wildman–Crippen MR) is 66.5 cm³/mol. The second-order valence-corrected chi connectivity index (χ2v) is 4.99. The molecule has 1 aromatic carbocycles. The molecule has 0 saturated heterocycles. The lowest BCUT2D eigenvalue weighted by atomic mass is 9.90. The van der Waals surface area contributed by atoms with Gasteiger partial charge in [-0.2, -0.15) is 0 Å². The van der Waals surface area contributed by atoms with Crippen LogP contribution in [0, 0.1) is 0 Å². The van der Waals surface area contributed by atoms with Gasteiger partial charge in [-0.25, -0.2) is 0 Å². The molecule has 2 rings (SSSR count). The maximum atomic E-state index is 5.72. The molecule has 0 spiro atoms. The van der Waals surface area contributed by atoms with Crippen molar-refractivity contribution < 1.29 is 9.47 Å². The van der Waals surface area contributed by atoms with Crippen LogP contribution in [0.3, 0.4) is 0 Å². The summed E-state index contributed by atoms with van der Waals surface area (Å²) in [6, 6.07) is 6.32. The third kappa shape index (κ3) is 2.75. The highest BCUT2D eigenvalue weighted by atomic mass is 79.9. The molecule has 0 aliphatic heterocycles. The van der Waals surface area contributed by atoms with Gasteiger partial charge in [0, 0.05) is 6.04 Å². The first kappa shape index (κ1) is 11.9. The van der Waals surface area contributed by atoms with Crippen molar-refractivity contribution in [3.63, 3.8) is 0 Å². The third-order valence-electron chi connectivity index (χ3n) is 2.83. The third-order valence-corrected chi connectivity index (χ3v) is 3.45. The van der Waals surface area contributed by atoms with Crippen molar-refractivity contribution in [2.45, 2.75) is 31.6 Å². The van der Waals surface area contributed by atoms with E-state index in [4.69, 9.17) is 15.2 Å². The lowest BCUT2D eigenvalue weighted by Crippen LogP contribution is -2.41. The Morgan fingerprint density at radius 1 is 1.44 bits per heavy atom. The second kappa shape index (κ2) is 5.17. The van der Waals surface area contributed by atoms with E-state index in [1.54, 1.807) is 7.11 Å². The number of hydrogen-bond donors (Lipinski definition) is 1. The van der Waals surface area contributed by atoms with Crippen molar-refractivity contribution in [1.82, 2.24) is 0 Å². The molecule has 3 nitrogen and oxygen atoms in total. The molecular weight excluding hydrogens is 270 g/mol. The molecule has 0 heterocycles. The van der Waals surface area contributed by atoms with Crippen LogP contribution in [0.5, 0.6) is 5.75 Å². The highest BCUT2D eigenvalue weighted by Gasteiger charge is 2.26. The van der Waals surface area contributed by atoms with E-state index >= 15 is 0 Å². The minimum atomic E-state index is 0.340. The number of hydrogen-bond acceptors (Lipinski definition) is 3. The van der Waals surface area contributed by atoms with Gasteiger partial charge in [0.15, 0.2) is 0 Å². The number of ether oxygens (including phenoxy) is 2. The van der Waals surface area contributed by atoms with E-state index in [2.05, 4.69) is 15.9 Å². The van der Waals surface area contributed by atoms with Gasteiger partial charge in [0.25, 0.3) is 0 Å². The van der Waals surface area contributed by atoms with Crippen LogP contribution in [0.4, 0.5) is 0 Å². The van der Waals surface area contributed by atoms with Crippen LogP contribution in [0.2, 0.25) is 0 Å². The predicted octanol–water partition coefficient (Wildman–Crippen LogP) is 2.46. The van der Waals surface area contributed by atoms with Crippen LogP contribution in [0.1, 0.15) is 18.4 Å². The first-order chi connectivity index (χ1) is 7.69. The number of nitrogens with two attached hydrogens (primary N) is 1. The van der Waals surface area contributed by atoms with Gasteiger partial charge in [0.1, 0.15) is 5.75 Å². The number of methoxy groups -OCH3 is 1. The SMILES string of the molecule is COc1ccc(COC2CC(N)C2)cc1Br. The van der Waals surface area contributed by atoms with Crippen LogP contribution >= 0.6 is 15.9 Å². The fourth-order valence-electron chi connectivity index (χ4n) is 1.76. The van der Waals surface area contributed by atoms with E-state index in [1.807, 2.05) is 18.2 Å². The Balaban J connectivity index is 1.87. The molecule has 4 heteroatoms. The Kier molecular flexibility index (Phi) is 3.84. The molecule has 0 bridgehead atoms. The molecule has 1 aromatic rings. The minimum absolute atomic E-state index is 0.340. The van der Waals surface area contributed by atoms with Gasteiger partial charge >= 0.3 is 0 Å². The molecule has 0 amide bonds. The second-order valence-electron chi connectivity index (χ2n) is 4.13. The van der Waals surface area contributed by atoms with Crippen LogP contribution < -0.4 is 10.5 Å². The van der Waals surface area contributed by atoms with Crippen molar-refractivity contribution in [3.05, 3.63) is 28.2 Å². The zero-order valence-corrected chi connectivity index (χ0v) is 10.9. The lowest BCUT2D eigenvalue weighted by Gasteiger charge is -2.32. The molecule has 0 radical (unpaired) electrons. The summed E-state index contributed by atoms with van der Waals surface area (Å²) < 4.78 is 11.8. The van der Waals surface area contributed by atoms with Crippen LogP contribution in [-0.4, -0.2) is 19.3 Å². The fraction of sp³-hybridized carbons (Fsp3) is 0.500. The summed E-state index contributed by atoms with van der Waals surface area (Å²) in [5, 5.41) is 0. The van der Waals surface area contributed by atoms with Gasteiger partial charge < -0.3 is 15.2 Å². The molecule has 16 heavy (non-hydrogen) atoms. The lowest BCUT2D eigenvalue weighted by molar-refractivity contribution is -0.0188. The Morgan fingerprint density at radius 3 is 2.75 bits per heavy atom. The number of benzene rings is 1. The zero-order chi connectivity index (χ0) is 11.5. The largest absolute Gasteiger partial charge is 0.496 e. The molecule has 1 fully saturated rings. The van der Waals surface area contributed by atoms with Gasteiger partial charge in [-0.05, 0) is 46.5 Å². The summed E-state index contributed by atoms with van der Waals surface area (Å²) >= 11 is 3.45. The normalized spacial score (nSPS) is 23.9. The van der Waals surface area contributed by atoms with Gasteiger partial charge in [-0.15, -0.1) is 0 Å². The first-order valence-electron chi connectivity index (χ1n) is 5.38. The van der Waals surface area contributed by atoms with Gasteiger partial charge in [0.2, 0.25) is 0 Å². The van der Waals surface area contributed by atoms with Gasteiger partial charge in [-0.1, -0.05) is 6.07 Å². The molecule has 1 aliphatic rings.